The Hall–Kier alpha value is -0.0800. The number of hydrogen-bond acceptors (Lipinski definition) is 2. The number of nitrogens with one attached hydrogen (secondary N) is 2. The Morgan fingerprint density at radius 2 is 1.81 bits per heavy atom. The lowest BCUT2D eigenvalue weighted by Crippen LogP contribution is -2.43. The van der Waals surface area contributed by atoms with Gasteiger partial charge in [0.25, 0.3) is 0 Å². The minimum atomic E-state index is 0.693. The first-order valence-corrected chi connectivity index (χ1v) is 7.34. The molecule has 0 aromatic heterocycles. The fourth-order valence-electron chi connectivity index (χ4n) is 3.29. The summed E-state index contributed by atoms with van der Waals surface area (Å²) in [5.74, 6) is 0. The molecule has 2 fully saturated rings. The van der Waals surface area contributed by atoms with Crippen LogP contribution in [0.15, 0.2) is 0 Å². The van der Waals surface area contributed by atoms with Crippen molar-refractivity contribution in [3.8, 4) is 0 Å². The van der Waals surface area contributed by atoms with Crippen molar-refractivity contribution in [1.82, 2.24) is 10.6 Å². The van der Waals surface area contributed by atoms with Gasteiger partial charge < -0.3 is 10.6 Å². The van der Waals surface area contributed by atoms with E-state index in [4.69, 9.17) is 0 Å². The molecule has 16 heavy (non-hydrogen) atoms. The first-order chi connectivity index (χ1) is 7.84. The van der Waals surface area contributed by atoms with Crippen molar-refractivity contribution in [2.24, 2.45) is 0 Å². The Morgan fingerprint density at radius 3 is 2.50 bits per heavy atom. The predicted molar refractivity (Wildman–Crippen MR) is 69.7 cm³/mol. The van der Waals surface area contributed by atoms with Gasteiger partial charge in [0, 0.05) is 18.1 Å². The molecule has 1 aliphatic heterocycles. The maximum Gasteiger partial charge on any atom is 0.00817 e. The van der Waals surface area contributed by atoms with Crippen molar-refractivity contribution in [3.63, 3.8) is 0 Å². The second kappa shape index (κ2) is 6.61. The number of rotatable bonds is 4. The van der Waals surface area contributed by atoms with Crippen LogP contribution < -0.4 is 10.6 Å². The molecule has 2 atom stereocenters. The monoisotopic (exact) mass is 224 g/mol. The summed E-state index contributed by atoms with van der Waals surface area (Å²) in [6.07, 6.45) is 12.6. The molecule has 1 saturated carbocycles. The zero-order chi connectivity index (χ0) is 11.2. The summed E-state index contributed by atoms with van der Waals surface area (Å²) in [5.41, 5.74) is 0. The highest BCUT2D eigenvalue weighted by Gasteiger charge is 2.19. The summed E-state index contributed by atoms with van der Waals surface area (Å²) in [6.45, 7) is 3.60. The van der Waals surface area contributed by atoms with Crippen LogP contribution in [0.2, 0.25) is 0 Å². The second-order valence-electron chi connectivity index (χ2n) is 5.79. The fourth-order valence-corrected chi connectivity index (χ4v) is 3.29. The van der Waals surface area contributed by atoms with Gasteiger partial charge in [-0.2, -0.15) is 0 Å². The van der Waals surface area contributed by atoms with Crippen LogP contribution in [0.25, 0.3) is 0 Å². The summed E-state index contributed by atoms with van der Waals surface area (Å²) in [5, 5.41) is 7.47. The van der Waals surface area contributed by atoms with E-state index in [1.807, 2.05) is 0 Å². The molecule has 1 heterocycles. The number of hydrogen-bond donors (Lipinski definition) is 2. The van der Waals surface area contributed by atoms with Crippen molar-refractivity contribution in [2.45, 2.75) is 82.8 Å². The molecule has 0 bridgehead atoms. The van der Waals surface area contributed by atoms with Gasteiger partial charge in [-0.1, -0.05) is 25.7 Å². The lowest BCUT2D eigenvalue weighted by Gasteiger charge is -2.30. The van der Waals surface area contributed by atoms with E-state index in [2.05, 4.69) is 17.6 Å². The lowest BCUT2D eigenvalue weighted by molar-refractivity contribution is 0.298. The van der Waals surface area contributed by atoms with Crippen LogP contribution in [0, 0.1) is 0 Å². The molecule has 1 aliphatic carbocycles. The minimum absolute atomic E-state index is 0.693. The molecule has 2 N–H and O–H groups in total. The molecule has 0 radical (unpaired) electrons. The average Bonchev–Trinajstić information content (AvgIpc) is 2.31. The zero-order valence-electron chi connectivity index (χ0n) is 10.8. The molecule has 2 heteroatoms. The summed E-state index contributed by atoms with van der Waals surface area (Å²) in [4.78, 5) is 0. The molecule has 0 aromatic rings. The van der Waals surface area contributed by atoms with E-state index in [0.29, 0.717) is 6.04 Å². The standard InChI is InChI=1S/C14H28N2/c1-12(11-14-9-5-6-10-15-14)16-13-7-3-2-4-8-13/h12-16H,2-11H2,1H3. The molecule has 2 rings (SSSR count). The van der Waals surface area contributed by atoms with Crippen molar-refractivity contribution < 1.29 is 0 Å². The van der Waals surface area contributed by atoms with Gasteiger partial charge in [0.15, 0.2) is 0 Å². The van der Waals surface area contributed by atoms with Crippen LogP contribution in [0.3, 0.4) is 0 Å². The molecule has 2 aliphatic rings. The second-order valence-corrected chi connectivity index (χ2v) is 5.79. The first-order valence-electron chi connectivity index (χ1n) is 7.34. The predicted octanol–water partition coefficient (Wildman–Crippen LogP) is 2.83. The van der Waals surface area contributed by atoms with E-state index in [9.17, 15) is 0 Å². The van der Waals surface area contributed by atoms with Crippen molar-refractivity contribution in [1.29, 1.82) is 0 Å². The highest BCUT2D eigenvalue weighted by atomic mass is 15.0. The molecular formula is C14H28N2. The highest BCUT2D eigenvalue weighted by molar-refractivity contribution is 4.80. The average molecular weight is 224 g/mol. The van der Waals surface area contributed by atoms with Crippen molar-refractivity contribution in [2.75, 3.05) is 6.54 Å². The Morgan fingerprint density at radius 1 is 1.06 bits per heavy atom. The lowest BCUT2D eigenvalue weighted by atomic mass is 9.93. The fraction of sp³-hybridized carbons (Fsp3) is 1.00. The molecule has 2 unspecified atom stereocenters. The van der Waals surface area contributed by atoms with Gasteiger partial charge in [-0.3, -0.25) is 0 Å². The van der Waals surface area contributed by atoms with Gasteiger partial charge in [0.1, 0.15) is 0 Å². The zero-order valence-corrected chi connectivity index (χ0v) is 10.8. The third kappa shape index (κ3) is 4.06. The maximum atomic E-state index is 3.83. The van der Waals surface area contributed by atoms with E-state index >= 15 is 0 Å². The van der Waals surface area contributed by atoms with Crippen molar-refractivity contribution in [3.05, 3.63) is 0 Å². The molecular weight excluding hydrogens is 196 g/mol. The molecule has 2 nitrogen and oxygen atoms in total. The Kier molecular flexibility index (Phi) is 5.11. The van der Waals surface area contributed by atoms with Gasteiger partial charge >= 0.3 is 0 Å². The van der Waals surface area contributed by atoms with E-state index in [1.54, 1.807) is 0 Å². The van der Waals surface area contributed by atoms with E-state index < -0.39 is 0 Å². The summed E-state index contributed by atoms with van der Waals surface area (Å²) in [6, 6.07) is 2.28. The number of piperidine rings is 1. The minimum Gasteiger partial charge on any atom is -0.314 e. The third-order valence-corrected chi connectivity index (χ3v) is 4.18. The molecule has 0 amide bonds. The van der Waals surface area contributed by atoms with Crippen LogP contribution in [0.1, 0.15) is 64.7 Å². The molecule has 0 spiro atoms. The van der Waals surface area contributed by atoms with E-state index in [0.717, 1.165) is 12.1 Å². The Balaban J connectivity index is 1.64. The third-order valence-electron chi connectivity index (χ3n) is 4.18. The van der Waals surface area contributed by atoms with Crippen LogP contribution in [-0.4, -0.2) is 24.7 Å². The molecule has 0 aromatic carbocycles. The smallest absolute Gasteiger partial charge is 0.00817 e. The Labute approximate surface area is 101 Å². The highest BCUT2D eigenvalue weighted by Crippen LogP contribution is 2.19. The summed E-state index contributed by atoms with van der Waals surface area (Å²) >= 11 is 0. The Bertz CT molecular complexity index is 161. The first kappa shape index (κ1) is 12.4. The van der Waals surface area contributed by atoms with Crippen LogP contribution in [0.4, 0.5) is 0 Å². The molecule has 1 saturated heterocycles. The maximum absolute atomic E-state index is 3.83. The summed E-state index contributed by atoms with van der Waals surface area (Å²) in [7, 11) is 0. The van der Waals surface area contributed by atoms with Crippen molar-refractivity contribution >= 4 is 0 Å². The van der Waals surface area contributed by atoms with E-state index in [1.165, 1.54) is 64.3 Å². The van der Waals surface area contributed by atoms with Crippen LogP contribution in [0.5, 0.6) is 0 Å². The van der Waals surface area contributed by atoms with Crippen LogP contribution >= 0.6 is 0 Å². The quantitative estimate of drug-likeness (QED) is 0.767. The summed E-state index contributed by atoms with van der Waals surface area (Å²) < 4.78 is 0. The van der Waals surface area contributed by atoms with E-state index in [-0.39, 0.29) is 0 Å². The normalized spacial score (nSPS) is 30.2. The van der Waals surface area contributed by atoms with Gasteiger partial charge in [0.2, 0.25) is 0 Å². The van der Waals surface area contributed by atoms with Gasteiger partial charge in [-0.25, -0.2) is 0 Å². The SMILES string of the molecule is CC(CC1CCCCN1)NC1CCCCC1. The topological polar surface area (TPSA) is 24.1 Å². The van der Waals surface area contributed by atoms with Gasteiger partial charge in [-0.05, 0) is 45.6 Å². The van der Waals surface area contributed by atoms with Gasteiger partial charge in [-0.15, -0.1) is 0 Å². The largest absolute Gasteiger partial charge is 0.314 e. The molecule has 94 valence electrons. The van der Waals surface area contributed by atoms with Crippen LogP contribution in [-0.2, 0) is 0 Å². The van der Waals surface area contributed by atoms with Gasteiger partial charge in [0.05, 0.1) is 0 Å².